The highest BCUT2D eigenvalue weighted by Gasteiger charge is 2.18. The Morgan fingerprint density at radius 1 is 1.39 bits per heavy atom. The summed E-state index contributed by atoms with van der Waals surface area (Å²) in [6.45, 7) is 10.3. The van der Waals surface area contributed by atoms with Crippen molar-refractivity contribution in [3.63, 3.8) is 0 Å². The molecule has 0 saturated carbocycles. The van der Waals surface area contributed by atoms with Crippen molar-refractivity contribution in [3.8, 4) is 0 Å². The zero-order chi connectivity index (χ0) is 16.9. The van der Waals surface area contributed by atoms with Gasteiger partial charge in [-0.2, -0.15) is 0 Å². The van der Waals surface area contributed by atoms with E-state index in [0.717, 1.165) is 29.3 Å². The van der Waals surface area contributed by atoms with Gasteiger partial charge in [0, 0.05) is 26.7 Å². The number of oxazole rings is 1. The molecule has 0 aliphatic rings. The summed E-state index contributed by atoms with van der Waals surface area (Å²) in [5.74, 6) is 2.27. The third-order valence-corrected chi connectivity index (χ3v) is 4.76. The zero-order valence-corrected chi connectivity index (χ0v) is 16.3. The van der Waals surface area contributed by atoms with Crippen molar-refractivity contribution in [2.45, 2.75) is 46.2 Å². The van der Waals surface area contributed by atoms with Crippen LogP contribution in [0.15, 0.2) is 31.5 Å². The first kappa shape index (κ1) is 18.0. The summed E-state index contributed by atoms with van der Waals surface area (Å²) in [7, 11) is 0. The number of hydrogen-bond donors (Lipinski definition) is 2. The maximum absolute atomic E-state index is 5.76. The van der Waals surface area contributed by atoms with E-state index in [2.05, 4.69) is 68.8 Å². The van der Waals surface area contributed by atoms with Gasteiger partial charge in [-0.05, 0) is 28.9 Å². The highest BCUT2D eigenvalue weighted by atomic mass is 79.9. The van der Waals surface area contributed by atoms with E-state index < -0.39 is 0 Å². The highest BCUT2D eigenvalue weighted by Crippen LogP contribution is 2.23. The molecule has 0 aliphatic carbocycles. The predicted octanol–water partition coefficient (Wildman–Crippen LogP) is 4.05. The maximum atomic E-state index is 5.76. The monoisotopic (exact) mass is 398 g/mol. The molecule has 2 heterocycles. The van der Waals surface area contributed by atoms with Crippen LogP contribution in [0.5, 0.6) is 0 Å². The molecule has 5 nitrogen and oxygen atoms in total. The summed E-state index contributed by atoms with van der Waals surface area (Å²) in [5.41, 5.74) is -0.0374. The van der Waals surface area contributed by atoms with Crippen LogP contribution in [-0.2, 0) is 18.5 Å². The topological polar surface area (TPSA) is 62.5 Å². The van der Waals surface area contributed by atoms with Crippen LogP contribution in [0, 0.1) is 0 Å². The Hall–Kier alpha value is -1.34. The number of halogens is 1. The van der Waals surface area contributed by atoms with Crippen molar-refractivity contribution in [2.75, 3.05) is 6.54 Å². The third-order valence-electron chi connectivity index (χ3n) is 3.06. The van der Waals surface area contributed by atoms with Crippen LogP contribution in [0.2, 0.25) is 0 Å². The zero-order valence-electron chi connectivity index (χ0n) is 13.9. The number of hydrogen-bond acceptors (Lipinski definition) is 4. The number of rotatable bonds is 5. The molecule has 0 spiro atoms. The van der Waals surface area contributed by atoms with E-state index in [0.29, 0.717) is 12.4 Å². The first-order valence-corrected chi connectivity index (χ1v) is 9.26. The van der Waals surface area contributed by atoms with Crippen molar-refractivity contribution in [3.05, 3.63) is 38.6 Å². The van der Waals surface area contributed by atoms with Gasteiger partial charge in [0.25, 0.3) is 0 Å². The third kappa shape index (κ3) is 5.66. The maximum Gasteiger partial charge on any atom is 0.216 e. The summed E-state index contributed by atoms with van der Waals surface area (Å²) in [6, 6.07) is 2.10. The van der Waals surface area contributed by atoms with Crippen molar-refractivity contribution < 1.29 is 4.42 Å². The first-order valence-electron chi connectivity index (χ1n) is 7.58. The summed E-state index contributed by atoms with van der Waals surface area (Å²) in [6.07, 6.45) is 1.79. The average Bonchev–Trinajstić information content (AvgIpc) is 3.10. The van der Waals surface area contributed by atoms with Gasteiger partial charge in [-0.3, -0.25) is 0 Å². The van der Waals surface area contributed by atoms with E-state index in [9.17, 15) is 0 Å². The molecule has 0 fully saturated rings. The molecule has 2 aromatic heterocycles. The molecule has 0 aromatic carbocycles. The van der Waals surface area contributed by atoms with Crippen molar-refractivity contribution in [1.29, 1.82) is 0 Å². The number of nitrogens with zero attached hydrogens (tertiary/aromatic N) is 2. The van der Waals surface area contributed by atoms with E-state index >= 15 is 0 Å². The Morgan fingerprint density at radius 3 is 2.74 bits per heavy atom. The lowest BCUT2D eigenvalue weighted by Gasteiger charge is -2.13. The standard InChI is InChI=1S/C16H23BrN4OS/c1-5-18-15(20-7-12-6-11(17)10-23-12)21-9-14-19-8-13(22-14)16(2,3)4/h6,8,10H,5,7,9H2,1-4H3,(H2,18,20,21). The number of thiophene rings is 1. The molecule has 0 saturated heterocycles. The molecule has 0 atom stereocenters. The SMILES string of the molecule is CCNC(=NCc1ncc(C(C)(C)C)o1)NCc1cc(Br)cs1. The Morgan fingerprint density at radius 2 is 2.17 bits per heavy atom. The highest BCUT2D eigenvalue weighted by molar-refractivity contribution is 9.10. The van der Waals surface area contributed by atoms with Gasteiger partial charge in [-0.1, -0.05) is 20.8 Å². The second-order valence-electron chi connectivity index (χ2n) is 6.15. The minimum absolute atomic E-state index is 0.0374. The summed E-state index contributed by atoms with van der Waals surface area (Å²) >= 11 is 5.17. The van der Waals surface area contributed by atoms with E-state index in [1.165, 1.54) is 4.88 Å². The molecule has 0 aliphatic heterocycles. The Balaban J connectivity index is 1.96. The molecular weight excluding hydrogens is 376 g/mol. The molecule has 0 bridgehead atoms. The van der Waals surface area contributed by atoms with E-state index in [4.69, 9.17) is 4.42 Å². The molecule has 7 heteroatoms. The summed E-state index contributed by atoms with van der Waals surface area (Å²) in [4.78, 5) is 10.1. The quantitative estimate of drug-likeness (QED) is 0.588. The second-order valence-corrected chi connectivity index (χ2v) is 8.06. The van der Waals surface area contributed by atoms with Crippen LogP contribution < -0.4 is 10.6 Å². The first-order chi connectivity index (χ1) is 10.9. The number of guanidine groups is 1. The Bertz CT molecular complexity index is 657. The number of aliphatic imine (C=N–C) groups is 1. The van der Waals surface area contributed by atoms with Gasteiger partial charge in [-0.25, -0.2) is 9.98 Å². The van der Waals surface area contributed by atoms with Crippen LogP contribution in [0.4, 0.5) is 0 Å². The van der Waals surface area contributed by atoms with E-state index in [1.54, 1.807) is 17.5 Å². The molecule has 0 unspecified atom stereocenters. The van der Waals surface area contributed by atoms with Gasteiger partial charge in [0.15, 0.2) is 5.96 Å². The fraction of sp³-hybridized carbons (Fsp3) is 0.500. The molecule has 2 rings (SSSR count). The number of nitrogens with one attached hydrogen (secondary N) is 2. The van der Waals surface area contributed by atoms with Crippen LogP contribution >= 0.6 is 27.3 Å². The van der Waals surface area contributed by atoms with Gasteiger partial charge in [0.2, 0.25) is 5.89 Å². The molecular formula is C16H23BrN4OS. The molecule has 126 valence electrons. The predicted molar refractivity (Wildman–Crippen MR) is 98.9 cm³/mol. The summed E-state index contributed by atoms with van der Waals surface area (Å²) in [5, 5.41) is 8.62. The van der Waals surface area contributed by atoms with Gasteiger partial charge < -0.3 is 15.1 Å². The lowest BCUT2D eigenvalue weighted by Crippen LogP contribution is -2.36. The second kappa shape index (κ2) is 7.97. The van der Waals surface area contributed by atoms with Crippen LogP contribution in [0.25, 0.3) is 0 Å². The molecule has 0 radical (unpaired) electrons. The van der Waals surface area contributed by atoms with Gasteiger partial charge in [-0.15, -0.1) is 11.3 Å². The smallest absolute Gasteiger partial charge is 0.216 e. The van der Waals surface area contributed by atoms with Crippen molar-refractivity contribution in [1.82, 2.24) is 15.6 Å². The average molecular weight is 399 g/mol. The van der Waals surface area contributed by atoms with Crippen LogP contribution in [0.3, 0.4) is 0 Å². The fourth-order valence-electron chi connectivity index (χ4n) is 1.84. The Labute approximate surface area is 149 Å². The minimum atomic E-state index is -0.0374. The van der Waals surface area contributed by atoms with Crippen LogP contribution in [-0.4, -0.2) is 17.5 Å². The Kier molecular flexibility index (Phi) is 6.24. The number of aromatic nitrogens is 1. The van der Waals surface area contributed by atoms with Crippen LogP contribution in [0.1, 0.15) is 44.2 Å². The van der Waals surface area contributed by atoms with E-state index in [-0.39, 0.29) is 5.41 Å². The molecule has 0 amide bonds. The van der Waals surface area contributed by atoms with Gasteiger partial charge in [0.1, 0.15) is 12.3 Å². The lowest BCUT2D eigenvalue weighted by molar-refractivity contribution is 0.383. The largest absolute Gasteiger partial charge is 0.443 e. The van der Waals surface area contributed by atoms with Gasteiger partial charge in [0.05, 0.1) is 12.7 Å². The normalized spacial score (nSPS) is 12.5. The van der Waals surface area contributed by atoms with Gasteiger partial charge >= 0.3 is 0 Å². The summed E-state index contributed by atoms with van der Waals surface area (Å²) < 4.78 is 6.87. The fourth-order valence-corrected chi connectivity index (χ4v) is 3.23. The lowest BCUT2D eigenvalue weighted by atomic mass is 9.94. The molecule has 23 heavy (non-hydrogen) atoms. The van der Waals surface area contributed by atoms with Crippen molar-refractivity contribution in [2.24, 2.45) is 4.99 Å². The van der Waals surface area contributed by atoms with E-state index in [1.807, 2.05) is 6.92 Å². The molecule has 2 N–H and O–H groups in total. The van der Waals surface area contributed by atoms with Crippen molar-refractivity contribution >= 4 is 33.2 Å². The minimum Gasteiger partial charge on any atom is -0.443 e. The molecule has 2 aromatic rings.